The van der Waals surface area contributed by atoms with Gasteiger partial charge in [-0.15, -0.1) is 0 Å². The van der Waals surface area contributed by atoms with Crippen molar-refractivity contribution in [3.8, 4) is 0 Å². The van der Waals surface area contributed by atoms with Gasteiger partial charge in [0.25, 0.3) is 0 Å². The van der Waals surface area contributed by atoms with E-state index in [0.717, 1.165) is 18.4 Å². The van der Waals surface area contributed by atoms with E-state index < -0.39 is 0 Å². The topological polar surface area (TPSA) is 52.0 Å². The average Bonchev–Trinajstić information content (AvgIpc) is 2.18. The molecule has 0 aliphatic carbocycles. The van der Waals surface area contributed by atoms with E-state index in [-0.39, 0.29) is 11.9 Å². The Bertz CT molecular complexity index is 299. The minimum Gasteiger partial charge on any atom is -0.330 e. The third-order valence-electron chi connectivity index (χ3n) is 2.33. The number of rotatable bonds is 4. The first-order valence-corrected chi connectivity index (χ1v) is 4.87. The van der Waals surface area contributed by atoms with E-state index in [1.807, 2.05) is 0 Å². The molecule has 0 spiro atoms. The van der Waals surface area contributed by atoms with Crippen LogP contribution in [0, 0.1) is 12.7 Å². The van der Waals surface area contributed by atoms with Gasteiger partial charge in [0.1, 0.15) is 5.82 Å². The van der Waals surface area contributed by atoms with Crippen LogP contribution in [0.25, 0.3) is 0 Å². The van der Waals surface area contributed by atoms with Gasteiger partial charge in [0.15, 0.2) is 0 Å². The van der Waals surface area contributed by atoms with Gasteiger partial charge < -0.3 is 11.5 Å². The molecule has 0 saturated heterocycles. The second-order valence-electron chi connectivity index (χ2n) is 3.55. The Balaban J connectivity index is 2.70. The highest BCUT2D eigenvalue weighted by atomic mass is 19.1. The smallest absolute Gasteiger partial charge is 0.126 e. The predicted octanol–water partition coefficient (Wildman–Crippen LogP) is 1.87. The van der Waals surface area contributed by atoms with E-state index in [1.54, 1.807) is 19.1 Å². The van der Waals surface area contributed by atoms with Crippen LogP contribution in [0.1, 0.15) is 30.0 Å². The number of nitrogens with two attached hydrogens (primary N) is 2. The summed E-state index contributed by atoms with van der Waals surface area (Å²) in [6.45, 7) is 2.39. The van der Waals surface area contributed by atoms with E-state index in [1.165, 1.54) is 6.07 Å². The maximum atomic E-state index is 13.0. The summed E-state index contributed by atoms with van der Waals surface area (Å²) >= 11 is 0. The summed E-state index contributed by atoms with van der Waals surface area (Å²) in [4.78, 5) is 0. The highest BCUT2D eigenvalue weighted by Gasteiger charge is 2.06. The number of hydrogen-bond acceptors (Lipinski definition) is 2. The van der Waals surface area contributed by atoms with Crippen molar-refractivity contribution in [1.29, 1.82) is 0 Å². The molecule has 0 unspecified atom stereocenters. The van der Waals surface area contributed by atoms with Crippen molar-refractivity contribution >= 4 is 0 Å². The lowest BCUT2D eigenvalue weighted by molar-refractivity contribution is 0.601. The minimum absolute atomic E-state index is 0.0298. The van der Waals surface area contributed by atoms with E-state index in [4.69, 9.17) is 11.5 Å². The summed E-state index contributed by atoms with van der Waals surface area (Å²) in [7, 11) is 0. The van der Waals surface area contributed by atoms with Crippen LogP contribution in [0.4, 0.5) is 4.39 Å². The zero-order chi connectivity index (χ0) is 10.6. The summed E-state index contributed by atoms with van der Waals surface area (Å²) in [6.07, 6.45) is 1.75. The molecular formula is C11H17FN2. The normalized spacial score (nSPS) is 12.9. The molecule has 0 aliphatic rings. The van der Waals surface area contributed by atoms with Crippen LogP contribution < -0.4 is 11.5 Å². The highest BCUT2D eigenvalue weighted by Crippen LogP contribution is 2.18. The second-order valence-corrected chi connectivity index (χ2v) is 3.55. The van der Waals surface area contributed by atoms with Crippen LogP contribution in [-0.4, -0.2) is 6.54 Å². The molecule has 1 aromatic rings. The van der Waals surface area contributed by atoms with Gasteiger partial charge in [0.05, 0.1) is 0 Å². The van der Waals surface area contributed by atoms with Crippen LogP contribution in [-0.2, 0) is 0 Å². The number of benzene rings is 1. The molecule has 0 heterocycles. The standard InChI is InChI=1S/C11H17FN2/c1-8-7-9(4-5-10(8)12)11(14)3-2-6-13/h4-5,7,11H,2-3,6,13-14H2,1H3/t11-/m1/s1. The molecule has 4 N–H and O–H groups in total. The molecule has 14 heavy (non-hydrogen) atoms. The van der Waals surface area contributed by atoms with Crippen molar-refractivity contribution in [2.45, 2.75) is 25.8 Å². The molecule has 2 nitrogen and oxygen atoms in total. The molecular weight excluding hydrogens is 179 g/mol. The van der Waals surface area contributed by atoms with Gasteiger partial charge in [-0.2, -0.15) is 0 Å². The average molecular weight is 196 g/mol. The van der Waals surface area contributed by atoms with Gasteiger partial charge in [-0.3, -0.25) is 0 Å². The Morgan fingerprint density at radius 1 is 1.43 bits per heavy atom. The summed E-state index contributed by atoms with van der Waals surface area (Å²) in [5.74, 6) is -0.181. The Hall–Kier alpha value is -0.930. The molecule has 0 amide bonds. The Morgan fingerprint density at radius 3 is 2.71 bits per heavy atom. The fourth-order valence-electron chi connectivity index (χ4n) is 1.40. The van der Waals surface area contributed by atoms with Crippen LogP contribution in [0.3, 0.4) is 0 Å². The number of halogens is 1. The summed E-state index contributed by atoms with van der Waals surface area (Å²) < 4.78 is 13.0. The fourth-order valence-corrected chi connectivity index (χ4v) is 1.40. The van der Waals surface area contributed by atoms with Crippen LogP contribution in [0.15, 0.2) is 18.2 Å². The first-order chi connectivity index (χ1) is 6.65. The molecule has 78 valence electrons. The molecule has 1 atom stereocenters. The van der Waals surface area contributed by atoms with E-state index >= 15 is 0 Å². The monoisotopic (exact) mass is 196 g/mol. The molecule has 0 aliphatic heterocycles. The van der Waals surface area contributed by atoms with Gasteiger partial charge in [-0.05, 0) is 43.5 Å². The first-order valence-electron chi connectivity index (χ1n) is 4.87. The van der Waals surface area contributed by atoms with Gasteiger partial charge in [0.2, 0.25) is 0 Å². The van der Waals surface area contributed by atoms with Gasteiger partial charge in [-0.25, -0.2) is 4.39 Å². The van der Waals surface area contributed by atoms with Crippen LogP contribution in [0.2, 0.25) is 0 Å². The van der Waals surface area contributed by atoms with Crippen molar-refractivity contribution in [3.05, 3.63) is 35.1 Å². The predicted molar refractivity (Wildman–Crippen MR) is 56.4 cm³/mol. The highest BCUT2D eigenvalue weighted by molar-refractivity contribution is 5.26. The maximum absolute atomic E-state index is 13.0. The number of aryl methyl sites for hydroxylation is 1. The second kappa shape index (κ2) is 5.08. The lowest BCUT2D eigenvalue weighted by Crippen LogP contribution is -2.12. The van der Waals surface area contributed by atoms with Crippen molar-refractivity contribution in [3.63, 3.8) is 0 Å². The third kappa shape index (κ3) is 2.79. The van der Waals surface area contributed by atoms with E-state index in [0.29, 0.717) is 12.1 Å². The van der Waals surface area contributed by atoms with Crippen LogP contribution in [0.5, 0.6) is 0 Å². The Labute approximate surface area is 84.1 Å². The lowest BCUT2D eigenvalue weighted by Gasteiger charge is -2.12. The van der Waals surface area contributed by atoms with Crippen molar-refractivity contribution in [1.82, 2.24) is 0 Å². The molecule has 0 bridgehead atoms. The van der Waals surface area contributed by atoms with Gasteiger partial charge in [0, 0.05) is 6.04 Å². The van der Waals surface area contributed by atoms with Crippen molar-refractivity contribution < 1.29 is 4.39 Å². The van der Waals surface area contributed by atoms with Gasteiger partial charge >= 0.3 is 0 Å². The lowest BCUT2D eigenvalue weighted by atomic mass is 10.0. The molecule has 0 saturated carbocycles. The van der Waals surface area contributed by atoms with Crippen LogP contribution >= 0.6 is 0 Å². The largest absolute Gasteiger partial charge is 0.330 e. The third-order valence-corrected chi connectivity index (χ3v) is 2.33. The molecule has 1 aromatic carbocycles. The molecule has 3 heteroatoms. The summed E-state index contributed by atoms with van der Waals surface area (Å²) in [5.41, 5.74) is 12.9. The van der Waals surface area contributed by atoms with E-state index in [9.17, 15) is 4.39 Å². The zero-order valence-electron chi connectivity index (χ0n) is 8.46. The van der Waals surface area contributed by atoms with Crippen molar-refractivity contribution in [2.75, 3.05) is 6.54 Å². The molecule has 0 radical (unpaired) electrons. The molecule has 0 fully saturated rings. The first kappa shape index (κ1) is 11.1. The minimum atomic E-state index is -0.181. The Kier molecular flexibility index (Phi) is 4.04. The SMILES string of the molecule is Cc1cc([C@H](N)CCCN)ccc1F. The fraction of sp³-hybridized carbons (Fsp3) is 0.455. The zero-order valence-corrected chi connectivity index (χ0v) is 8.46. The maximum Gasteiger partial charge on any atom is 0.126 e. The molecule has 1 rings (SSSR count). The summed E-state index contributed by atoms with van der Waals surface area (Å²) in [6, 6.07) is 4.98. The number of hydrogen-bond donors (Lipinski definition) is 2. The van der Waals surface area contributed by atoms with Gasteiger partial charge in [-0.1, -0.05) is 12.1 Å². The van der Waals surface area contributed by atoms with E-state index in [2.05, 4.69) is 0 Å². The van der Waals surface area contributed by atoms with Crippen molar-refractivity contribution in [2.24, 2.45) is 11.5 Å². The Morgan fingerprint density at radius 2 is 2.14 bits per heavy atom. The quantitative estimate of drug-likeness (QED) is 0.772. The summed E-state index contributed by atoms with van der Waals surface area (Å²) in [5, 5.41) is 0. The molecule has 0 aromatic heterocycles.